The smallest absolute Gasteiger partial charge is 0.138 e. The lowest BCUT2D eigenvalue weighted by atomic mass is 10.0. The topological polar surface area (TPSA) is 61.9 Å². The molecule has 0 saturated carbocycles. The molecule has 0 radical (unpaired) electrons. The van der Waals surface area contributed by atoms with E-state index in [1.165, 1.54) is 5.56 Å². The first kappa shape index (κ1) is 14.3. The van der Waals surface area contributed by atoms with Crippen LogP contribution in [0.5, 0.6) is 0 Å². The van der Waals surface area contributed by atoms with Gasteiger partial charge in [-0.2, -0.15) is 5.26 Å². The average molecular weight is 269 g/mol. The standard InChI is InChI=1S/C16H19N3O/c1-10-7-14(8-17)5-6-15(10)9-18-11(2)16-12(3)19-20-13(16)4/h5-7,11,18H,9H2,1-4H3. The Kier molecular flexibility index (Phi) is 4.21. The zero-order valence-electron chi connectivity index (χ0n) is 12.3. The van der Waals surface area contributed by atoms with Crippen LogP contribution in [0, 0.1) is 32.1 Å². The molecule has 104 valence electrons. The normalized spacial score (nSPS) is 12.2. The maximum atomic E-state index is 8.87. The monoisotopic (exact) mass is 269 g/mol. The third-order valence-corrected chi connectivity index (χ3v) is 3.59. The molecular formula is C16H19N3O. The van der Waals surface area contributed by atoms with Crippen LogP contribution in [0.2, 0.25) is 0 Å². The minimum Gasteiger partial charge on any atom is -0.361 e. The van der Waals surface area contributed by atoms with Gasteiger partial charge in [0, 0.05) is 18.2 Å². The highest BCUT2D eigenvalue weighted by molar-refractivity contribution is 5.37. The van der Waals surface area contributed by atoms with Crippen molar-refractivity contribution in [2.75, 3.05) is 0 Å². The van der Waals surface area contributed by atoms with Crippen molar-refractivity contribution in [3.8, 4) is 6.07 Å². The van der Waals surface area contributed by atoms with E-state index in [1.807, 2.05) is 39.0 Å². The van der Waals surface area contributed by atoms with E-state index in [2.05, 4.69) is 23.5 Å². The average Bonchev–Trinajstić information content (AvgIpc) is 2.76. The molecule has 2 rings (SSSR count). The van der Waals surface area contributed by atoms with Crippen molar-refractivity contribution < 1.29 is 4.52 Å². The Morgan fingerprint density at radius 3 is 2.65 bits per heavy atom. The van der Waals surface area contributed by atoms with E-state index in [9.17, 15) is 0 Å². The summed E-state index contributed by atoms with van der Waals surface area (Å²) in [5.41, 5.74) is 5.07. The van der Waals surface area contributed by atoms with Gasteiger partial charge in [-0.25, -0.2) is 0 Å². The molecule has 0 fully saturated rings. The van der Waals surface area contributed by atoms with E-state index in [1.54, 1.807) is 0 Å². The van der Waals surface area contributed by atoms with Crippen molar-refractivity contribution >= 4 is 0 Å². The Morgan fingerprint density at radius 2 is 2.10 bits per heavy atom. The summed E-state index contributed by atoms with van der Waals surface area (Å²) in [4.78, 5) is 0. The molecule has 0 aliphatic rings. The second kappa shape index (κ2) is 5.89. The first-order valence-electron chi connectivity index (χ1n) is 6.68. The van der Waals surface area contributed by atoms with Gasteiger partial charge in [-0.3, -0.25) is 0 Å². The largest absolute Gasteiger partial charge is 0.361 e. The number of nitrogens with one attached hydrogen (secondary N) is 1. The van der Waals surface area contributed by atoms with Crippen LogP contribution in [0.4, 0.5) is 0 Å². The van der Waals surface area contributed by atoms with Crippen molar-refractivity contribution in [2.45, 2.75) is 40.3 Å². The fourth-order valence-corrected chi connectivity index (χ4v) is 2.44. The zero-order chi connectivity index (χ0) is 14.7. The van der Waals surface area contributed by atoms with E-state index in [-0.39, 0.29) is 6.04 Å². The molecule has 1 aromatic carbocycles. The molecule has 2 aromatic rings. The molecule has 0 aliphatic heterocycles. The second-order valence-corrected chi connectivity index (χ2v) is 5.09. The lowest BCUT2D eigenvalue weighted by Crippen LogP contribution is -2.19. The van der Waals surface area contributed by atoms with E-state index >= 15 is 0 Å². The van der Waals surface area contributed by atoms with Gasteiger partial charge in [0.15, 0.2) is 0 Å². The number of hydrogen-bond acceptors (Lipinski definition) is 4. The van der Waals surface area contributed by atoms with E-state index in [4.69, 9.17) is 9.78 Å². The summed E-state index contributed by atoms with van der Waals surface area (Å²) in [6, 6.07) is 8.10. The zero-order valence-corrected chi connectivity index (χ0v) is 12.3. The number of aromatic nitrogens is 1. The summed E-state index contributed by atoms with van der Waals surface area (Å²) in [5, 5.41) is 16.3. The van der Waals surface area contributed by atoms with Crippen LogP contribution in [0.3, 0.4) is 0 Å². The highest BCUT2D eigenvalue weighted by Gasteiger charge is 2.16. The molecule has 1 aromatic heterocycles. The van der Waals surface area contributed by atoms with E-state index in [0.29, 0.717) is 5.56 Å². The van der Waals surface area contributed by atoms with Gasteiger partial charge in [-0.15, -0.1) is 0 Å². The maximum absolute atomic E-state index is 8.87. The molecule has 0 bridgehead atoms. The van der Waals surface area contributed by atoms with Crippen LogP contribution < -0.4 is 5.32 Å². The second-order valence-electron chi connectivity index (χ2n) is 5.09. The van der Waals surface area contributed by atoms with Gasteiger partial charge < -0.3 is 9.84 Å². The first-order valence-corrected chi connectivity index (χ1v) is 6.68. The van der Waals surface area contributed by atoms with Crippen molar-refractivity contribution in [3.05, 3.63) is 51.9 Å². The minimum absolute atomic E-state index is 0.177. The van der Waals surface area contributed by atoms with Crippen molar-refractivity contribution in [2.24, 2.45) is 0 Å². The van der Waals surface area contributed by atoms with Crippen LogP contribution in [0.1, 0.15) is 46.7 Å². The van der Waals surface area contributed by atoms with Crippen LogP contribution in [0.25, 0.3) is 0 Å². The summed E-state index contributed by atoms with van der Waals surface area (Å²) >= 11 is 0. The fourth-order valence-electron chi connectivity index (χ4n) is 2.44. The highest BCUT2D eigenvalue weighted by atomic mass is 16.5. The Hall–Kier alpha value is -2.12. The van der Waals surface area contributed by atoms with Crippen molar-refractivity contribution in [1.29, 1.82) is 5.26 Å². The van der Waals surface area contributed by atoms with Crippen LogP contribution in [-0.2, 0) is 6.54 Å². The molecule has 4 heteroatoms. The lowest BCUT2D eigenvalue weighted by molar-refractivity contribution is 0.390. The highest BCUT2D eigenvalue weighted by Crippen LogP contribution is 2.21. The summed E-state index contributed by atoms with van der Waals surface area (Å²) in [7, 11) is 0. The molecule has 1 N–H and O–H groups in total. The Morgan fingerprint density at radius 1 is 1.35 bits per heavy atom. The third-order valence-electron chi connectivity index (χ3n) is 3.59. The molecule has 20 heavy (non-hydrogen) atoms. The van der Waals surface area contributed by atoms with Gasteiger partial charge in [-0.1, -0.05) is 11.2 Å². The molecular weight excluding hydrogens is 250 g/mol. The predicted octanol–water partition coefficient (Wildman–Crippen LogP) is 3.32. The van der Waals surface area contributed by atoms with Gasteiger partial charge >= 0.3 is 0 Å². The maximum Gasteiger partial charge on any atom is 0.138 e. The molecule has 0 aliphatic carbocycles. The molecule has 1 atom stereocenters. The first-order chi connectivity index (χ1) is 9.52. The molecule has 1 heterocycles. The third kappa shape index (κ3) is 2.89. The van der Waals surface area contributed by atoms with Crippen LogP contribution in [0.15, 0.2) is 22.7 Å². The SMILES string of the molecule is Cc1cc(C#N)ccc1CNC(C)c1c(C)noc1C. The molecule has 0 saturated heterocycles. The predicted molar refractivity (Wildman–Crippen MR) is 77.1 cm³/mol. The van der Waals surface area contributed by atoms with Gasteiger partial charge in [0.1, 0.15) is 5.76 Å². The van der Waals surface area contributed by atoms with Crippen molar-refractivity contribution in [3.63, 3.8) is 0 Å². The quantitative estimate of drug-likeness (QED) is 0.924. The summed E-state index contributed by atoms with van der Waals surface area (Å²) in [6.07, 6.45) is 0. The number of hydrogen-bond donors (Lipinski definition) is 1. The summed E-state index contributed by atoms with van der Waals surface area (Å²) in [5.74, 6) is 0.860. The molecule has 0 amide bonds. The van der Waals surface area contributed by atoms with Gasteiger partial charge in [0.25, 0.3) is 0 Å². The van der Waals surface area contributed by atoms with Gasteiger partial charge in [0.05, 0.1) is 17.3 Å². The van der Waals surface area contributed by atoms with Crippen molar-refractivity contribution in [1.82, 2.24) is 10.5 Å². The Labute approximate surface area is 119 Å². The summed E-state index contributed by atoms with van der Waals surface area (Å²) < 4.78 is 5.20. The minimum atomic E-state index is 0.177. The Balaban J connectivity index is 2.08. The molecule has 0 spiro atoms. The molecule has 4 nitrogen and oxygen atoms in total. The van der Waals surface area contributed by atoms with Crippen LogP contribution in [-0.4, -0.2) is 5.16 Å². The van der Waals surface area contributed by atoms with E-state index in [0.717, 1.165) is 29.1 Å². The number of rotatable bonds is 4. The van der Waals surface area contributed by atoms with Crippen LogP contribution >= 0.6 is 0 Å². The fraction of sp³-hybridized carbons (Fsp3) is 0.375. The Bertz CT molecular complexity index is 633. The van der Waals surface area contributed by atoms with E-state index < -0.39 is 0 Å². The van der Waals surface area contributed by atoms with Gasteiger partial charge in [0.2, 0.25) is 0 Å². The summed E-state index contributed by atoms with van der Waals surface area (Å²) in [6.45, 7) is 8.77. The number of benzene rings is 1. The number of aryl methyl sites for hydroxylation is 3. The number of nitrogens with zero attached hydrogens (tertiary/aromatic N) is 2. The van der Waals surface area contributed by atoms with Gasteiger partial charge in [-0.05, 0) is 51.0 Å². The number of nitriles is 1. The lowest BCUT2D eigenvalue weighted by Gasteiger charge is -2.15. The molecule has 1 unspecified atom stereocenters.